The summed E-state index contributed by atoms with van der Waals surface area (Å²) in [5.74, 6) is 0.696. The fourth-order valence-electron chi connectivity index (χ4n) is 2.36. The van der Waals surface area contributed by atoms with E-state index in [1.54, 1.807) is 0 Å². The standard InChI is InChI=1S/C11H18N2S/c1-4-10-9(5-7(2)13-10)11-6-12-8(3)14-11/h6-7,9-10,13H,4-5H2,1-3H3. The van der Waals surface area contributed by atoms with Crippen LogP contribution in [0.15, 0.2) is 6.20 Å². The Labute approximate surface area is 89.8 Å². The van der Waals surface area contributed by atoms with Gasteiger partial charge >= 0.3 is 0 Å². The highest BCUT2D eigenvalue weighted by molar-refractivity contribution is 7.11. The molecule has 2 heterocycles. The first-order chi connectivity index (χ1) is 6.70. The summed E-state index contributed by atoms with van der Waals surface area (Å²) in [5.41, 5.74) is 0. The van der Waals surface area contributed by atoms with Crippen molar-refractivity contribution >= 4 is 11.3 Å². The smallest absolute Gasteiger partial charge is 0.0896 e. The summed E-state index contributed by atoms with van der Waals surface area (Å²) in [6.45, 7) is 6.62. The van der Waals surface area contributed by atoms with E-state index < -0.39 is 0 Å². The van der Waals surface area contributed by atoms with Gasteiger partial charge in [-0.05, 0) is 26.7 Å². The van der Waals surface area contributed by atoms with Gasteiger partial charge in [0.15, 0.2) is 0 Å². The van der Waals surface area contributed by atoms with E-state index in [1.807, 2.05) is 11.3 Å². The zero-order valence-electron chi connectivity index (χ0n) is 9.08. The molecule has 0 aromatic carbocycles. The molecule has 3 heteroatoms. The lowest BCUT2D eigenvalue weighted by Gasteiger charge is -2.15. The van der Waals surface area contributed by atoms with Gasteiger partial charge in [-0.1, -0.05) is 6.92 Å². The molecule has 1 aromatic heterocycles. The van der Waals surface area contributed by atoms with E-state index in [9.17, 15) is 0 Å². The fourth-order valence-corrected chi connectivity index (χ4v) is 3.32. The molecule has 0 saturated carbocycles. The normalized spacial score (nSPS) is 32.4. The van der Waals surface area contributed by atoms with Crippen LogP contribution < -0.4 is 5.32 Å². The number of hydrogen-bond donors (Lipinski definition) is 1. The van der Waals surface area contributed by atoms with Crippen molar-refractivity contribution in [1.29, 1.82) is 0 Å². The van der Waals surface area contributed by atoms with Gasteiger partial charge in [-0.15, -0.1) is 11.3 Å². The van der Waals surface area contributed by atoms with Crippen molar-refractivity contribution in [1.82, 2.24) is 10.3 Å². The summed E-state index contributed by atoms with van der Waals surface area (Å²) in [5, 5.41) is 4.83. The van der Waals surface area contributed by atoms with E-state index in [-0.39, 0.29) is 0 Å². The number of aryl methyl sites for hydroxylation is 1. The van der Waals surface area contributed by atoms with E-state index in [0.29, 0.717) is 18.0 Å². The van der Waals surface area contributed by atoms with Crippen LogP contribution in [0.1, 0.15) is 42.5 Å². The maximum Gasteiger partial charge on any atom is 0.0896 e. The summed E-state index contributed by atoms with van der Waals surface area (Å²) in [6.07, 6.45) is 4.54. The molecule has 0 amide bonds. The lowest BCUT2D eigenvalue weighted by atomic mass is 9.96. The molecule has 0 bridgehead atoms. The summed E-state index contributed by atoms with van der Waals surface area (Å²) in [6, 6.07) is 1.32. The van der Waals surface area contributed by atoms with E-state index >= 15 is 0 Å². The minimum absolute atomic E-state index is 0.657. The second-order valence-corrected chi connectivity index (χ2v) is 5.47. The molecular weight excluding hydrogens is 192 g/mol. The molecule has 1 aliphatic rings. The Balaban J connectivity index is 2.17. The van der Waals surface area contributed by atoms with E-state index in [4.69, 9.17) is 0 Å². The van der Waals surface area contributed by atoms with Crippen molar-refractivity contribution in [2.45, 2.75) is 51.6 Å². The third-order valence-corrected chi connectivity index (χ3v) is 4.08. The third-order valence-electron chi connectivity index (χ3n) is 3.04. The van der Waals surface area contributed by atoms with Crippen molar-refractivity contribution in [3.05, 3.63) is 16.1 Å². The first-order valence-electron chi connectivity index (χ1n) is 5.39. The predicted octanol–water partition coefficient (Wildman–Crippen LogP) is 2.70. The maximum atomic E-state index is 4.35. The maximum absolute atomic E-state index is 4.35. The van der Waals surface area contributed by atoms with Gasteiger partial charge in [-0.3, -0.25) is 0 Å². The molecule has 1 aliphatic heterocycles. The second kappa shape index (κ2) is 3.99. The van der Waals surface area contributed by atoms with Gasteiger partial charge in [-0.25, -0.2) is 4.98 Å². The van der Waals surface area contributed by atoms with Crippen LogP contribution in [0, 0.1) is 6.92 Å². The average molecular weight is 210 g/mol. The van der Waals surface area contributed by atoms with Gasteiger partial charge in [0.05, 0.1) is 5.01 Å². The van der Waals surface area contributed by atoms with E-state index in [1.165, 1.54) is 22.7 Å². The molecule has 2 nitrogen and oxygen atoms in total. The Bertz CT molecular complexity index is 308. The molecule has 1 saturated heterocycles. The molecule has 0 spiro atoms. The first-order valence-corrected chi connectivity index (χ1v) is 6.20. The van der Waals surface area contributed by atoms with Crippen LogP contribution in [-0.4, -0.2) is 17.1 Å². The van der Waals surface area contributed by atoms with Crippen molar-refractivity contribution in [2.75, 3.05) is 0 Å². The molecule has 2 rings (SSSR count). The van der Waals surface area contributed by atoms with Crippen LogP contribution in [0.2, 0.25) is 0 Å². The largest absolute Gasteiger partial charge is 0.311 e. The Morgan fingerprint density at radius 1 is 1.64 bits per heavy atom. The van der Waals surface area contributed by atoms with Crippen LogP contribution >= 0.6 is 11.3 Å². The number of aromatic nitrogens is 1. The predicted molar refractivity (Wildman–Crippen MR) is 60.9 cm³/mol. The molecule has 1 aromatic rings. The Hall–Kier alpha value is -0.410. The monoisotopic (exact) mass is 210 g/mol. The van der Waals surface area contributed by atoms with Crippen LogP contribution in [0.3, 0.4) is 0 Å². The third kappa shape index (κ3) is 1.84. The molecular formula is C11H18N2S. The summed E-state index contributed by atoms with van der Waals surface area (Å²) < 4.78 is 0. The van der Waals surface area contributed by atoms with Crippen molar-refractivity contribution in [2.24, 2.45) is 0 Å². The minimum atomic E-state index is 0.657. The van der Waals surface area contributed by atoms with E-state index in [2.05, 4.69) is 37.3 Å². The molecule has 78 valence electrons. The van der Waals surface area contributed by atoms with Gasteiger partial charge in [0.2, 0.25) is 0 Å². The molecule has 0 aliphatic carbocycles. The zero-order chi connectivity index (χ0) is 10.1. The molecule has 14 heavy (non-hydrogen) atoms. The summed E-state index contributed by atoms with van der Waals surface area (Å²) in [7, 11) is 0. The van der Waals surface area contributed by atoms with Gasteiger partial charge in [0.25, 0.3) is 0 Å². The lowest BCUT2D eigenvalue weighted by molar-refractivity contribution is 0.520. The lowest BCUT2D eigenvalue weighted by Crippen LogP contribution is -2.28. The van der Waals surface area contributed by atoms with Crippen molar-refractivity contribution in [3.8, 4) is 0 Å². The molecule has 3 atom stereocenters. The number of hydrogen-bond acceptors (Lipinski definition) is 3. The Morgan fingerprint density at radius 3 is 3.00 bits per heavy atom. The molecule has 1 N–H and O–H groups in total. The quantitative estimate of drug-likeness (QED) is 0.812. The van der Waals surface area contributed by atoms with Crippen LogP contribution in [0.4, 0.5) is 0 Å². The van der Waals surface area contributed by atoms with Gasteiger partial charge in [-0.2, -0.15) is 0 Å². The second-order valence-electron chi connectivity index (χ2n) is 4.21. The van der Waals surface area contributed by atoms with Gasteiger partial charge in [0.1, 0.15) is 0 Å². The highest BCUT2D eigenvalue weighted by Crippen LogP contribution is 2.35. The van der Waals surface area contributed by atoms with Crippen LogP contribution in [0.25, 0.3) is 0 Å². The van der Waals surface area contributed by atoms with Crippen molar-refractivity contribution in [3.63, 3.8) is 0 Å². The van der Waals surface area contributed by atoms with Crippen LogP contribution in [-0.2, 0) is 0 Å². The minimum Gasteiger partial charge on any atom is -0.311 e. The highest BCUT2D eigenvalue weighted by atomic mass is 32.1. The summed E-state index contributed by atoms with van der Waals surface area (Å²) in [4.78, 5) is 5.81. The number of rotatable bonds is 2. The first kappa shape index (κ1) is 10.1. The highest BCUT2D eigenvalue weighted by Gasteiger charge is 2.32. The number of nitrogens with one attached hydrogen (secondary N) is 1. The number of thiazole rings is 1. The number of nitrogens with zero attached hydrogens (tertiary/aromatic N) is 1. The van der Waals surface area contributed by atoms with Crippen LogP contribution in [0.5, 0.6) is 0 Å². The van der Waals surface area contributed by atoms with E-state index in [0.717, 1.165) is 0 Å². The van der Waals surface area contributed by atoms with Gasteiger partial charge < -0.3 is 5.32 Å². The molecule has 3 unspecified atom stereocenters. The molecule has 1 fully saturated rings. The van der Waals surface area contributed by atoms with Gasteiger partial charge in [0, 0.05) is 29.1 Å². The Morgan fingerprint density at radius 2 is 2.43 bits per heavy atom. The molecule has 0 radical (unpaired) electrons. The zero-order valence-corrected chi connectivity index (χ0v) is 9.90. The Kier molecular flexibility index (Phi) is 2.88. The fraction of sp³-hybridized carbons (Fsp3) is 0.727. The average Bonchev–Trinajstić information content (AvgIpc) is 2.71. The summed E-state index contributed by atoms with van der Waals surface area (Å²) >= 11 is 1.86. The SMILES string of the molecule is CCC1NC(C)CC1c1cnc(C)s1. The topological polar surface area (TPSA) is 24.9 Å². The van der Waals surface area contributed by atoms with Crippen molar-refractivity contribution < 1.29 is 0 Å².